The Morgan fingerprint density at radius 3 is 2.35 bits per heavy atom. The van der Waals surface area contributed by atoms with Crippen molar-refractivity contribution < 1.29 is 9.59 Å². The lowest BCUT2D eigenvalue weighted by molar-refractivity contribution is -0.123. The highest BCUT2D eigenvalue weighted by Gasteiger charge is 2.12. The summed E-state index contributed by atoms with van der Waals surface area (Å²) in [6, 6.07) is -0.334. The summed E-state index contributed by atoms with van der Waals surface area (Å²) in [7, 11) is 0. The summed E-state index contributed by atoms with van der Waals surface area (Å²) in [6.45, 7) is 7.39. The number of hydrogen-bond donors (Lipinski definition) is 3. The van der Waals surface area contributed by atoms with Gasteiger partial charge in [0, 0.05) is 13.1 Å². The van der Waals surface area contributed by atoms with Crippen molar-refractivity contribution in [3.8, 4) is 0 Å². The van der Waals surface area contributed by atoms with Crippen LogP contribution in [0.4, 0.5) is 0 Å². The second-order valence-corrected chi connectivity index (χ2v) is 4.10. The van der Waals surface area contributed by atoms with Gasteiger partial charge in [0.1, 0.15) is 0 Å². The van der Waals surface area contributed by atoms with Gasteiger partial charge in [-0.05, 0) is 19.8 Å². The maximum atomic E-state index is 11.5. The molecule has 0 radical (unpaired) electrons. The molecule has 0 aromatic heterocycles. The molecule has 0 aliphatic carbocycles. The van der Waals surface area contributed by atoms with Crippen molar-refractivity contribution in [3.63, 3.8) is 0 Å². The van der Waals surface area contributed by atoms with E-state index in [-0.39, 0.29) is 24.4 Å². The summed E-state index contributed by atoms with van der Waals surface area (Å²) in [5.41, 5.74) is 0. The molecule has 100 valence electrons. The van der Waals surface area contributed by atoms with Gasteiger partial charge in [-0.25, -0.2) is 0 Å². The van der Waals surface area contributed by atoms with E-state index in [1.54, 1.807) is 6.92 Å². The van der Waals surface area contributed by atoms with Crippen molar-refractivity contribution in [2.24, 2.45) is 0 Å². The minimum Gasteiger partial charge on any atom is -0.355 e. The van der Waals surface area contributed by atoms with Crippen molar-refractivity contribution in [1.29, 1.82) is 0 Å². The quantitative estimate of drug-likeness (QED) is 0.514. The fraction of sp³-hybridized carbons (Fsp3) is 0.833. The van der Waals surface area contributed by atoms with Crippen LogP contribution in [-0.2, 0) is 9.59 Å². The number of rotatable bonds is 9. The average molecular weight is 243 g/mol. The predicted molar refractivity (Wildman–Crippen MR) is 68.7 cm³/mol. The van der Waals surface area contributed by atoms with Gasteiger partial charge in [-0.15, -0.1) is 0 Å². The number of carbonyl (C=O) groups is 2. The van der Waals surface area contributed by atoms with Gasteiger partial charge in [0.2, 0.25) is 11.8 Å². The normalized spacial score (nSPS) is 11.9. The minimum atomic E-state index is -0.334. The fourth-order valence-corrected chi connectivity index (χ4v) is 1.21. The second kappa shape index (κ2) is 10.1. The smallest absolute Gasteiger partial charge is 0.236 e. The van der Waals surface area contributed by atoms with Gasteiger partial charge >= 0.3 is 0 Å². The first kappa shape index (κ1) is 15.9. The molecule has 0 aliphatic rings. The molecule has 2 amide bonds. The molecule has 0 aliphatic heterocycles. The van der Waals surface area contributed by atoms with Crippen molar-refractivity contribution >= 4 is 11.8 Å². The van der Waals surface area contributed by atoms with Crippen LogP contribution >= 0.6 is 0 Å². The Balaban J connectivity index is 3.65. The van der Waals surface area contributed by atoms with Crippen LogP contribution in [0, 0.1) is 0 Å². The third-order valence-corrected chi connectivity index (χ3v) is 2.36. The van der Waals surface area contributed by atoms with E-state index >= 15 is 0 Å². The molecule has 0 bridgehead atoms. The van der Waals surface area contributed by atoms with E-state index in [9.17, 15) is 9.59 Å². The number of hydrogen-bond acceptors (Lipinski definition) is 3. The largest absolute Gasteiger partial charge is 0.355 e. The number of nitrogens with one attached hydrogen (secondary N) is 3. The topological polar surface area (TPSA) is 70.2 Å². The van der Waals surface area contributed by atoms with Crippen LogP contribution in [0.5, 0.6) is 0 Å². The number of unbranched alkanes of at least 4 members (excludes halogenated alkanes) is 1. The SMILES string of the molecule is CCCCNC(=O)C(C)NCC(=O)NCCC. The van der Waals surface area contributed by atoms with E-state index in [0.29, 0.717) is 13.1 Å². The number of amides is 2. The Morgan fingerprint density at radius 1 is 1.06 bits per heavy atom. The molecule has 0 heterocycles. The van der Waals surface area contributed by atoms with Crippen molar-refractivity contribution in [3.05, 3.63) is 0 Å². The highest BCUT2D eigenvalue weighted by Crippen LogP contribution is 1.86. The van der Waals surface area contributed by atoms with Crippen molar-refractivity contribution in [2.45, 2.75) is 46.1 Å². The lowest BCUT2D eigenvalue weighted by Gasteiger charge is -2.13. The molecule has 0 spiro atoms. The second-order valence-electron chi connectivity index (χ2n) is 4.10. The van der Waals surface area contributed by atoms with Gasteiger partial charge in [0.15, 0.2) is 0 Å². The van der Waals surface area contributed by atoms with Gasteiger partial charge in [-0.2, -0.15) is 0 Å². The Morgan fingerprint density at radius 2 is 1.76 bits per heavy atom. The highest BCUT2D eigenvalue weighted by atomic mass is 16.2. The Hall–Kier alpha value is -1.10. The average Bonchev–Trinajstić information content (AvgIpc) is 2.33. The van der Waals surface area contributed by atoms with Gasteiger partial charge in [0.05, 0.1) is 12.6 Å². The van der Waals surface area contributed by atoms with E-state index in [2.05, 4.69) is 22.9 Å². The zero-order valence-electron chi connectivity index (χ0n) is 11.1. The molecule has 0 saturated heterocycles. The van der Waals surface area contributed by atoms with E-state index in [1.165, 1.54) is 0 Å². The summed E-state index contributed by atoms with van der Waals surface area (Å²) < 4.78 is 0. The molecule has 0 rings (SSSR count). The molecular formula is C12H25N3O2. The standard InChI is InChI=1S/C12H25N3O2/c1-4-6-8-14-12(17)10(3)15-9-11(16)13-7-5-2/h10,15H,4-9H2,1-3H3,(H,13,16)(H,14,17). The first-order chi connectivity index (χ1) is 8.11. The molecule has 5 heteroatoms. The molecule has 0 saturated carbocycles. The van der Waals surface area contributed by atoms with Crippen LogP contribution in [-0.4, -0.2) is 37.5 Å². The van der Waals surface area contributed by atoms with Gasteiger partial charge in [-0.3, -0.25) is 14.9 Å². The first-order valence-electron chi connectivity index (χ1n) is 6.39. The molecule has 0 aromatic rings. The molecule has 0 fully saturated rings. The lowest BCUT2D eigenvalue weighted by atomic mass is 10.3. The van der Waals surface area contributed by atoms with Gasteiger partial charge in [0.25, 0.3) is 0 Å². The Bertz CT molecular complexity index is 232. The maximum absolute atomic E-state index is 11.5. The van der Waals surface area contributed by atoms with Crippen molar-refractivity contribution in [1.82, 2.24) is 16.0 Å². The minimum absolute atomic E-state index is 0.0539. The lowest BCUT2D eigenvalue weighted by Crippen LogP contribution is -2.46. The van der Waals surface area contributed by atoms with Crippen LogP contribution in [0.25, 0.3) is 0 Å². The predicted octanol–water partition coefficient (Wildman–Crippen LogP) is 0.407. The zero-order chi connectivity index (χ0) is 13.1. The number of carbonyl (C=O) groups excluding carboxylic acids is 2. The van der Waals surface area contributed by atoms with Crippen molar-refractivity contribution in [2.75, 3.05) is 19.6 Å². The molecule has 17 heavy (non-hydrogen) atoms. The summed E-state index contributed by atoms with van der Waals surface area (Å²) in [5.74, 6) is -0.123. The van der Waals surface area contributed by atoms with Gasteiger partial charge < -0.3 is 10.6 Å². The van der Waals surface area contributed by atoms with Crippen LogP contribution < -0.4 is 16.0 Å². The van der Waals surface area contributed by atoms with E-state index in [1.807, 2.05) is 6.92 Å². The summed E-state index contributed by atoms with van der Waals surface area (Å²) in [4.78, 5) is 22.8. The monoisotopic (exact) mass is 243 g/mol. The molecular weight excluding hydrogens is 218 g/mol. The summed E-state index contributed by atoms with van der Waals surface area (Å²) >= 11 is 0. The van der Waals surface area contributed by atoms with Gasteiger partial charge in [-0.1, -0.05) is 20.3 Å². The highest BCUT2D eigenvalue weighted by molar-refractivity contribution is 5.83. The van der Waals surface area contributed by atoms with E-state index in [0.717, 1.165) is 19.3 Å². The van der Waals surface area contributed by atoms with Crippen LogP contribution in [0.3, 0.4) is 0 Å². The summed E-state index contributed by atoms with van der Waals surface area (Å²) in [6.07, 6.45) is 2.95. The fourth-order valence-electron chi connectivity index (χ4n) is 1.21. The Kier molecular flexibility index (Phi) is 9.43. The maximum Gasteiger partial charge on any atom is 0.236 e. The molecule has 3 N–H and O–H groups in total. The van der Waals surface area contributed by atoms with Crippen LogP contribution in [0.2, 0.25) is 0 Å². The van der Waals surface area contributed by atoms with Crippen LogP contribution in [0.1, 0.15) is 40.0 Å². The zero-order valence-corrected chi connectivity index (χ0v) is 11.1. The molecule has 1 unspecified atom stereocenters. The molecule has 0 aromatic carbocycles. The third-order valence-electron chi connectivity index (χ3n) is 2.36. The van der Waals surface area contributed by atoms with Crippen LogP contribution in [0.15, 0.2) is 0 Å². The van der Waals surface area contributed by atoms with E-state index < -0.39 is 0 Å². The third kappa shape index (κ3) is 8.68. The summed E-state index contributed by atoms with van der Waals surface area (Å²) in [5, 5.41) is 8.46. The molecule has 5 nitrogen and oxygen atoms in total. The van der Waals surface area contributed by atoms with E-state index in [4.69, 9.17) is 0 Å². The molecule has 1 atom stereocenters. The first-order valence-corrected chi connectivity index (χ1v) is 6.39. The Labute approximate surface area is 104 Å².